The van der Waals surface area contributed by atoms with Crippen molar-refractivity contribution >= 4 is 16.9 Å². The third-order valence-electron chi connectivity index (χ3n) is 3.41. The van der Waals surface area contributed by atoms with Gasteiger partial charge in [0.2, 0.25) is 5.91 Å². The number of amides is 1. The molecule has 1 heterocycles. The molecule has 0 saturated carbocycles. The Morgan fingerprint density at radius 3 is 2.70 bits per heavy atom. The standard InChI is InChI=1S/C16H22N2O2/c1-5-17-16(3,4)15(19)18-11(2)14-10-12-8-6-7-9-13(12)20-14/h6-11,17H,5H2,1-4H3,(H,18,19). The summed E-state index contributed by atoms with van der Waals surface area (Å²) in [6, 6.07) is 9.65. The van der Waals surface area contributed by atoms with Crippen molar-refractivity contribution in [2.75, 3.05) is 6.54 Å². The van der Waals surface area contributed by atoms with E-state index in [9.17, 15) is 4.79 Å². The number of benzene rings is 1. The molecule has 0 saturated heterocycles. The van der Waals surface area contributed by atoms with Crippen LogP contribution in [0.15, 0.2) is 34.7 Å². The van der Waals surface area contributed by atoms with Crippen molar-refractivity contribution in [1.82, 2.24) is 10.6 Å². The van der Waals surface area contributed by atoms with Gasteiger partial charge in [-0.2, -0.15) is 0 Å². The Bertz CT molecular complexity index is 568. The van der Waals surface area contributed by atoms with Crippen LogP contribution in [0, 0.1) is 0 Å². The van der Waals surface area contributed by atoms with Gasteiger partial charge in [-0.15, -0.1) is 0 Å². The van der Waals surface area contributed by atoms with Crippen LogP contribution in [0.25, 0.3) is 11.0 Å². The molecule has 20 heavy (non-hydrogen) atoms. The Morgan fingerprint density at radius 1 is 1.35 bits per heavy atom. The van der Waals surface area contributed by atoms with E-state index in [0.717, 1.165) is 23.3 Å². The molecule has 1 atom stereocenters. The van der Waals surface area contributed by atoms with Crippen molar-refractivity contribution in [1.29, 1.82) is 0 Å². The van der Waals surface area contributed by atoms with E-state index in [1.165, 1.54) is 0 Å². The Labute approximate surface area is 119 Å². The average Bonchev–Trinajstić information content (AvgIpc) is 2.82. The van der Waals surface area contributed by atoms with E-state index in [2.05, 4.69) is 10.6 Å². The van der Waals surface area contributed by atoms with Gasteiger partial charge in [-0.25, -0.2) is 0 Å². The highest BCUT2D eigenvalue weighted by molar-refractivity contribution is 5.86. The van der Waals surface area contributed by atoms with Crippen LogP contribution in [0.2, 0.25) is 0 Å². The highest BCUT2D eigenvalue weighted by Gasteiger charge is 2.28. The Balaban J connectivity index is 2.11. The molecule has 2 aromatic rings. The van der Waals surface area contributed by atoms with Crippen LogP contribution in [0.1, 0.15) is 39.5 Å². The second-order valence-corrected chi connectivity index (χ2v) is 5.54. The molecule has 1 aromatic heterocycles. The highest BCUT2D eigenvalue weighted by Crippen LogP contribution is 2.23. The zero-order chi connectivity index (χ0) is 14.8. The van der Waals surface area contributed by atoms with Gasteiger partial charge in [0, 0.05) is 5.39 Å². The van der Waals surface area contributed by atoms with Gasteiger partial charge in [-0.05, 0) is 39.4 Å². The van der Waals surface area contributed by atoms with Gasteiger partial charge >= 0.3 is 0 Å². The summed E-state index contributed by atoms with van der Waals surface area (Å²) in [6.45, 7) is 8.41. The smallest absolute Gasteiger partial charge is 0.240 e. The molecule has 0 bridgehead atoms. The molecule has 108 valence electrons. The number of carbonyl (C=O) groups excluding carboxylic acids is 1. The summed E-state index contributed by atoms with van der Waals surface area (Å²) in [5.74, 6) is 0.735. The van der Waals surface area contributed by atoms with Crippen molar-refractivity contribution in [3.8, 4) is 0 Å². The maximum atomic E-state index is 12.2. The van der Waals surface area contributed by atoms with E-state index in [0.29, 0.717) is 0 Å². The number of rotatable bonds is 5. The SMILES string of the molecule is CCNC(C)(C)C(=O)NC(C)c1cc2ccccc2o1. The molecule has 0 aliphatic heterocycles. The van der Waals surface area contributed by atoms with Crippen LogP contribution in [-0.4, -0.2) is 18.0 Å². The van der Waals surface area contributed by atoms with Gasteiger partial charge < -0.3 is 15.1 Å². The lowest BCUT2D eigenvalue weighted by Crippen LogP contribution is -2.52. The number of hydrogen-bond donors (Lipinski definition) is 2. The molecule has 0 spiro atoms. The maximum Gasteiger partial charge on any atom is 0.240 e. The van der Waals surface area contributed by atoms with Crippen LogP contribution in [0.4, 0.5) is 0 Å². The van der Waals surface area contributed by atoms with E-state index in [4.69, 9.17) is 4.42 Å². The molecule has 0 radical (unpaired) electrons. The Kier molecular flexibility index (Phi) is 4.14. The first-order chi connectivity index (χ1) is 9.44. The molecule has 4 nitrogen and oxygen atoms in total. The molecule has 1 unspecified atom stereocenters. The number of furan rings is 1. The van der Waals surface area contributed by atoms with E-state index < -0.39 is 5.54 Å². The Hall–Kier alpha value is -1.81. The second kappa shape index (κ2) is 5.67. The van der Waals surface area contributed by atoms with Crippen molar-refractivity contribution in [3.05, 3.63) is 36.1 Å². The van der Waals surface area contributed by atoms with Gasteiger partial charge in [0.15, 0.2) is 0 Å². The summed E-state index contributed by atoms with van der Waals surface area (Å²) >= 11 is 0. The number of para-hydroxylation sites is 1. The molecule has 0 aliphatic rings. The van der Waals surface area contributed by atoms with Crippen molar-refractivity contribution in [2.24, 2.45) is 0 Å². The quantitative estimate of drug-likeness (QED) is 0.881. The fourth-order valence-corrected chi connectivity index (χ4v) is 2.19. The predicted octanol–water partition coefficient (Wildman–Crippen LogP) is 3.00. The molecule has 4 heteroatoms. The topological polar surface area (TPSA) is 54.3 Å². The maximum absolute atomic E-state index is 12.2. The predicted molar refractivity (Wildman–Crippen MR) is 80.5 cm³/mol. The number of hydrogen-bond acceptors (Lipinski definition) is 3. The first-order valence-corrected chi connectivity index (χ1v) is 6.98. The van der Waals surface area contributed by atoms with Crippen molar-refractivity contribution in [3.63, 3.8) is 0 Å². The average molecular weight is 274 g/mol. The molecule has 2 rings (SSSR count). The molecule has 2 N–H and O–H groups in total. The third-order valence-corrected chi connectivity index (χ3v) is 3.41. The van der Waals surface area contributed by atoms with Gasteiger partial charge in [0.05, 0.1) is 11.6 Å². The third kappa shape index (κ3) is 3.02. The van der Waals surface area contributed by atoms with E-state index in [-0.39, 0.29) is 11.9 Å². The second-order valence-electron chi connectivity index (χ2n) is 5.54. The summed E-state index contributed by atoms with van der Waals surface area (Å²) in [7, 11) is 0. The zero-order valence-corrected chi connectivity index (χ0v) is 12.5. The first kappa shape index (κ1) is 14.6. The summed E-state index contributed by atoms with van der Waals surface area (Å²) in [6.07, 6.45) is 0. The number of carbonyl (C=O) groups is 1. The summed E-state index contributed by atoms with van der Waals surface area (Å²) in [4.78, 5) is 12.2. The minimum Gasteiger partial charge on any atom is -0.459 e. The summed E-state index contributed by atoms with van der Waals surface area (Å²) in [5, 5.41) is 7.20. The van der Waals surface area contributed by atoms with Gasteiger partial charge in [0.25, 0.3) is 0 Å². The largest absolute Gasteiger partial charge is 0.459 e. The number of likely N-dealkylation sites (N-methyl/N-ethyl adjacent to an activating group) is 1. The minimum absolute atomic E-state index is 0.0349. The summed E-state index contributed by atoms with van der Waals surface area (Å²) < 4.78 is 5.77. The van der Waals surface area contributed by atoms with Crippen LogP contribution in [0.5, 0.6) is 0 Å². The molecule has 1 amide bonds. The van der Waals surface area contributed by atoms with E-state index in [1.54, 1.807) is 0 Å². The van der Waals surface area contributed by atoms with E-state index in [1.807, 2.05) is 58.0 Å². The number of nitrogens with one attached hydrogen (secondary N) is 2. The van der Waals surface area contributed by atoms with Crippen LogP contribution in [0.3, 0.4) is 0 Å². The molecular weight excluding hydrogens is 252 g/mol. The summed E-state index contributed by atoms with van der Waals surface area (Å²) in [5.41, 5.74) is 0.254. The van der Waals surface area contributed by atoms with Gasteiger partial charge in [-0.1, -0.05) is 25.1 Å². The molecule has 0 aliphatic carbocycles. The van der Waals surface area contributed by atoms with Crippen molar-refractivity contribution in [2.45, 2.75) is 39.3 Å². The highest BCUT2D eigenvalue weighted by atomic mass is 16.3. The van der Waals surface area contributed by atoms with Gasteiger partial charge in [0.1, 0.15) is 11.3 Å². The van der Waals surface area contributed by atoms with E-state index >= 15 is 0 Å². The van der Waals surface area contributed by atoms with Crippen LogP contribution in [-0.2, 0) is 4.79 Å². The lowest BCUT2D eigenvalue weighted by Gasteiger charge is -2.26. The fraction of sp³-hybridized carbons (Fsp3) is 0.438. The minimum atomic E-state index is -0.588. The van der Waals surface area contributed by atoms with Crippen LogP contribution < -0.4 is 10.6 Å². The van der Waals surface area contributed by atoms with Crippen molar-refractivity contribution < 1.29 is 9.21 Å². The lowest BCUT2D eigenvalue weighted by molar-refractivity contribution is -0.127. The Morgan fingerprint density at radius 2 is 2.05 bits per heavy atom. The number of fused-ring (bicyclic) bond motifs is 1. The molecule has 0 fully saturated rings. The van der Waals surface area contributed by atoms with Gasteiger partial charge in [-0.3, -0.25) is 4.79 Å². The first-order valence-electron chi connectivity index (χ1n) is 6.98. The monoisotopic (exact) mass is 274 g/mol. The van der Waals surface area contributed by atoms with Crippen LogP contribution >= 0.6 is 0 Å². The molecule has 1 aromatic carbocycles. The zero-order valence-electron chi connectivity index (χ0n) is 12.5. The normalized spacial score (nSPS) is 13.4. The fourth-order valence-electron chi connectivity index (χ4n) is 2.19. The lowest BCUT2D eigenvalue weighted by atomic mass is 10.0. The molecular formula is C16H22N2O2.